The summed E-state index contributed by atoms with van der Waals surface area (Å²) < 4.78 is 16.5. The van der Waals surface area contributed by atoms with E-state index in [1.54, 1.807) is 0 Å². The van der Waals surface area contributed by atoms with Gasteiger partial charge < -0.3 is 19.3 Å². The van der Waals surface area contributed by atoms with Gasteiger partial charge in [0.25, 0.3) is 0 Å². The van der Waals surface area contributed by atoms with Crippen LogP contribution in [0.15, 0.2) is 4.52 Å². The molecule has 2 unspecified atom stereocenters. The van der Waals surface area contributed by atoms with E-state index < -0.39 is 0 Å². The number of aromatic nitrogens is 2. The molecule has 0 aliphatic carbocycles. The molecule has 0 bridgehead atoms. The van der Waals surface area contributed by atoms with Gasteiger partial charge in [0.15, 0.2) is 0 Å². The molecule has 3 heterocycles. The van der Waals surface area contributed by atoms with Crippen molar-refractivity contribution in [3.05, 3.63) is 11.7 Å². The van der Waals surface area contributed by atoms with Crippen molar-refractivity contribution in [2.45, 2.75) is 32.0 Å². The summed E-state index contributed by atoms with van der Waals surface area (Å²) in [7, 11) is 0. The minimum absolute atomic E-state index is 0.00482. The second-order valence-electron chi connectivity index (χ2n) is 5.52. The fraction of sp³-hybridized carbons (Fsp3) is 0.846. The van der Waals surface area contributed by atoms with Crippen LogP contribution in [-0.2, 0) is 9.47 Å². The molecule has 2 atom stereocenters. The number of rotatable bonds is 3. The van der Waals surface area contributed by atoms with Crippen LogP contribution in [0, 0.1) is 0 Å². The maximum Gasteiger partial charge on any atom is 0.246 e. The van der Waals surface area contributed by atoms with Gasteiger partial charge >= 0.3 is 0 Å². The SMILES string of the molecule is CC(C)N1CCOC(c2noc(C3COCCN3)n2)C1. The van der Waals surface area contributed by atoms with Crippen LogP contribution < -0.4 is 5.32 Å². The first-order valence-electron chi connectivity index (χ1n) is 7.24. The average molecular weight is 282 g/mol. The maximum atomic E-state index is 5.77. The minimum Gasteiger partial charge on any atom is -0.378 e. The van der Waals surface area contributed by atoms with Gasteiger partial charge in [-0.1, -0.05) is 5.16 Å². The molecule has 1 aromatic rings. The zero-order chi connectivity index (χ0) is 13.9. The minimum atomic E-state index is -0.104. The third kappa shape index (κ3) is 3.01. The monoisotopic (exact) mass is 282 g/mol. The Kier molecular flexibility index (Phi) is 4.30. The Bertz CT molecular complexity index is 431. The maximum absolute atomic E-state index is 5.77. The Hall–Kier alpha value is -1.02. The largest absolute Gasteiger partial charge is 0.378 e. The van der Waals surface area contributed by atoms with Crippen LogP contribution in [0.1, 0.15) is 37.7 Å². The number of nitrogens with zero attached hydrogens (tertiary/aromatic N) is 3. The van der Waals surface area contributed by atoms with Gasteiger partial charge in [0.05, 0.1) is 19.8 Å². The molecule has 0 amide bonds. The molecule has 0 aromatic carbocycles. The first kappa shape index (κ1) is 13.9. The van der Waals surface area contributed by atoms with Crippen molar-refractivity contribution in [1.82, 2.24) is 20.4 Å². The summed E-state index contributed by atoms with van der Waals surface area (Å²) in [6.45, 7) is 8.96. The van der Waals surface area contributed by atoms with E-state index in [0.717, 1.165) is 26.2 Å². The van der Waals surface area contributed by atoms with Crippen LogP contribution in [0.25, 0.3) is 0 Å². The molecular formula is C13H22N4O3. The van der Waals surface area contributed by atoms with E-state index in [0.29, 0.717) is 31.0 Å². The zero-order valence-electron chi connectivity index (χ0n) is 12.0. The highest BCUT2D eigenvalue weighted by atomic mass is 16.5. The third-order valence-corrected chi connectivity index (χ3v) is 3.79. The van der Waals surface area contributed by atoms with Crippen LogP contribution in [-0.4, -0.2) is 60.5 Å². The lowest BCUT2D eigenvalue weighted by Gasteiger charge is -2.34. The van der Waals surface area contributed by atoms with Gasteiger partial charge in [-0.3, -0.25) is 4.90 Å². The molecule has 3 rings (SSSR count). The quantitative estimate of drug-likeness (QED) is 0.866. The molecule has 7 heteroatoms. The van der Waals surface area contributed by atoms with Gasteiger partial charge in [-0.25, -0.2) is 0 Å². The van der Waals surface area contributed by atoms with Crippen LogP contribution in [0.5, 0.6) is 0 Å². The highest BCUT2D eigenvalue weighted by Gasteiger charge is 2.29. The second kappa shape index (κ2) is 6.17. The van der Waals surface area contributed by atoms with Crippen molar-refractivity contribution in [3.8, 4) is 0 Å². The fourth-order valence-corrected chi connectivity index (χ4v) is 2.54. The molecular weight excluding hydrogens is 260 g/mol. The van der Waals surface area contributed by atoms with Crippen molar-refractivity contribution >= 4 is 0 Å². The van der Waals surface area contributed by atoms with E-state index in [-0.39, 0.29) is 12.1 Å². The van der Waals surface area contributed by atoms with Crippen LogP contribution in [0.4, 0.5) is 0 Å². The first-order valence-corrected chi connectivity index (χ1v) is 7.24. The van der Waals surface area contributed by atoms with Gasteiger partial charge in [-0.2, -0.15) is 4.98 Å². The Morgan fingerprint density at radius 3 is 3.00 bits per heavy atom. The summed E-state index contributed by atoms with van der Waals surface area (Å²) in [5.41, 5.74) is 0. The summed E-state index contributed by atoms with van der Waals surface area (Å²) >= 11 is 0. The van der Waals surface area contributed by atoms with Gasteiger partial charge in [0.2, 0.25) is 11.7 Å². The lowest BCUT2D eigenvalue weighted by molar-refractivity contribution is -0.0450. The lowest BCUT2D eigenvalue weighted by Crippen LogP contribution is -2.42. The van der Waals surface area contributed by atoms with Crippen LogP contribution in [0.3, 0.4) is 0 Å². The van der Waals surface area contributed by atoms with Crippen molar-refractivity contribution in [1.29, 1.82) is 0 Å². The highest BCUT2D eigenvalue weighted by Crippen LogP contribution is 2.23. The molecule has 112 valence electrons. The number of morpholine rings is 2. The number of hydrogen-bond donors (Lipinski definition) is 1. The zero-order valence-corrected chi connectivity index (χ0v) is 12.0. The lowest BCUT2D eigenvalue weighted by atomic mass is 10.2. The van der Waals surface area contributed by atoms with Crippen molar-refractivity contribution < 1.29 is 14.0 Å². The van der Waals surface area contributed by atoms with Gasteiger partial charge in [-0.15, -0.1) is 0 Å². The molecule has 0 radical (unpaired) electrons. The average Bonchev–Trinajstić information content (AvgIpc) is 2.98. The summed E-state index contributed by atoms with van der Waals surface area (Å²) in [6.07, 6.45) is -0.104. The molecule has 2 aliphatic rings. The van der Waals surface area contributed by atoms with Crippen molar-refractivity contribution in [3.63, 3.8) is 0 Å². The van der Waals surface area contributed by atoms with Crippen molar-refractivity contribution in [2.75, 3.05) is 39.5 Å². The third-order valence-electron chi connectivity index (χ3n) is 3.79. The van der Waals surface area contributed by atoms with Gasteiger partial charge in [0.1, 0.15) is 12.1 Å². The summed E-state index contributed by atoms with van der Waals surface area (Å²) in [5, 5.41) is 7.38. The number of hydrogen-bond acceptors (Lipinski definition) is 7. The Morgan fingerprint density at radius 1 is 1.35 bits per heavy atom. The molecule has 2 fully saturated rings. The Morgan fingerprint density at radius 2 is 2.25 bits per heavy atom. The summed E-state index contributed by atoms with van der Waals surface area (Å²) in [4.78, 5) is 6.85. The Labute approximate surface area is 118 Å². The van der Waals surface area contributed by atoms with Crippen LogP contribution >= 0.6 is 0 Å². The molecule has 0 saturated carbocycles. The van der Waals surface area contributed by atoms with Crippen molar-refractivity contribution in [2.24, 2.45) is 0 Å². The predicted molar refractivity (Wildman–Crippen MR) is 71.3 cm³/mol. The number of ether oxygens (including phenoxy) is 2. The summed E-state index contributed by atoms with van der Waals surface area (Å²) in [6, 6.07) is 0.496. The second-order valence-corrected chi connectivity index (χ2v) is 5.52. The van der Waals surface area contributed by atoms with E-state index in [4.69, 9.17) is 14.0 Å². The van der Waals surface area contributed by atoms with E-state index in [2.05, 4.69) is 34.2 Å². The molecule has 1 aromatic heterocycles. The molecule has 20 heavy (non-hydrogen) atoms. The van der Waals surface area contributed by atoms with E-state index >= 15 is 0 Å². The smallest absolute Gasteiger partial charge is 0.246 e. The molecule has 7 nitrogen and oxygen atoms in total. The van der Waals surface area contributed by atoms with Gasteiger partial charge in [-0.05, 0) is 13.8 Å². The van der Waals surface area contributed by atoms with E-state index in [9.17, 15) is 0 Å². The highest BCUT2D eigenvalue weighted by molar-refractivity contribution is 4.98. The van der Waals surface area contributed by atoms with E-state index in [1.165, 1.54) is 0 Å². The molecule has 2 aliphatic heterocycles. The van der Waals surface area contributed by atoms with Crippen LogP contribution in [0.2, 0.25) is 0 Å². The normalized spacial score (nSPS) is 28.9. The molecule has 2 saturated heterocycles. The molecule has 1 N–H and O–H groups in total. The van der Waals surface area contributed by atoms with Gasteiger partial charge in [0, 0.05) is 25.7 Å². The first-order chi connectivity index (χ1) is 9.74. The fourth-order valence-electron chi connectivity index (χ4n) is 2.54. The molecule has 0 spiro atoms. The Balaban J connectivity index is 1.66. The predicted octanol–water partition coefficient (Wildman–Crippen LogP) is 0.512. The standard InChI is InChI=1S/C13H22N4O3/c1-9(2)17-4-6-19-11(7-17)12-15-13(20-16-12)10-8-18-5-3-14-10/h9-11,14H,3-8H2,1-2H3. The summed E-state index contributed by atoms with van der Waals surface area (Å²) in [5.74, 6) is 1.22. The number of nitrogens with one attached hydrogen (secondary N) is 1. The topological polar surface area (TPSA) is 72.7 Å². The van der Waals surface area contributed by atoms with E-state index in [1.807, 2.05) is 0 Å².